The van der Waals surface area contributed by atoms with Gasteiger partial charge in [-0.25, -0.2) is 4.99 Å². The maximum absolute atomic E-state index is 5.55. The first-order chi connectivity index (χ1) is 6.51. The molecule has 14 heavy (non-hydrogen) atoms. The van der Waals surface area contributed by atoms with Gasteiger partial charge in [-0.2, -0.15) is 4.99 Å². The molecular formula is C9H21N5. The maximum atomic E-state index is 5.55. The van der Waals surface area contributed by atoms with Gasteiger partial charge in [0.2, 0.25) is 5.96 Å². The maximum Gasteiger partial charge on any atom is 0.218 e. The molecule has 5 heteroatoms. The second-order valence-corrected chi connectivity index (χ2v) is 3.39. The quantitative estimate of drug-likeness (QED) is 0.451. The second-order valence-electron chi connectivity index (χ2n) is 3.39. The summed E-state index contributed by atoms with van der Waals surface area (Å²) >= 11 is 0. The van der Waals surface area contributed by atoms with Crippen molar-refractivity contribution in [3.8, 4) is 0 Å². The molecular weight excluding hydrogens is 178 g/mol. The van der Waals surface area contributed by atoms with Crippen molar-refractivity contribution in [3.63, 3.8) is 0 Å². The van der Waals surface area contributed by atoms with Gasteiger partial charge in [0.25, 0.3) is 0 Å². The zero-order valence-electron chi connectivity index (χ0n) is 9.20. The SMILES string of the molecule is CCC(C)C(CC)N=C(N)N=C(N)N. The Morgan fingerprint density at radius 3 is 2.07 bits per heavy atom. The van der Waals surface area contributed by atoms with Crippen molar-refractivity contribution < 1.29 is 0 Å². The molecule has 0 saturated heterocycles. The molecule has 0 rings (SSSR count). The molecule has 0 saturated carbocycles. The van der Waals surface area contributed by atoms with Crippen molar-refractivity contribution in [1.29, 1.82) is 0 Å². The Balaban J connectivity index is 4.49. The van der Waals surface area contributed by atoms with E-state index in [0.717, 1.165) is 12.8 Å². The van der Waals surface area contributed by atoms with E-state index < -0.39 is 0 Å². The minimum Gasteiger partial charge on any atom is -0.370 e. The van der Waals surface area contributed by atoms with Crippen LogP contribution in [0.15, 0.2) is 9.98 Å². The Morgan fingerprint density at radius 2 is 1.71 bits per heavy atom. The number of rotatable bonds is 4. The average Bonchev–Trinajstić information content (AvgIpc) is 2.11. The highest BCUT2D eigenvalue weighted by molar-refractivity contribution is 5.92. The van der Waals surface area contributed by atoms with Gasteiger partial charge >= 0.3 is 0 Å². The van der Waals surface area contributed by atoms with Crippen LogP contribution in [-0.4, -0.2) is 18.0 Å². The minimum absolute atomic E-state index is 0.0507. The van der Waals surface area contributed by atoms with Crippen molar-refractivity contribution in [2.75, 3.05) is 0 Å². The van der Waals surface area contributed by atoms with Gasteiger partial charge in [0.1, 0.15) is 0 Å². The van der Waals surface area contributed by atoms with Gasteiger partial charge in [0, 0.05) is 0 Å². The Bertz CT molecular complexity index is 217. The van der Waals surface area contributed by atoms with Gasteiger partial charge in [-0.3, -0.25) is 0 Å². The molecule has 0 spiro atoms. The molecule has 0 aliphatic carbocycles. The lowest BCUT2D eigenvalue weighted by Crippen LogP contribution is -2.28. The molecule has 0 amide bonds. The zero-order chi connectivity index (χ0) is 11.1. The summed E-state index contributed by atoms with van der Waals surface area (Å²) in [6.45, 7) is 6.34. The van der Waals surface area contributed by atoms with Crippen LogP contribution in [0.25, 0.3) is 0 Å². The zero-order valence-corrected chi connectivity index (χ0v) is 9.20. The molecule has 2 unspecified atom stereocenters. The lowest BCUT2D eigenvalue weighted by molar-refractivity contribution is 0.434. The standard InChI is InChI=1S/C9H21N5/c1-4-6(3)7(5-2)13-9(12)14-8(10)11/h6-7H,4-5H2,1-3H3,(H6,10,11,12,13,14). The van der Waals surface area contributed by atoms with Crippen molar-refractivity contribution in [2.45, 2.75) is 39.7 Å². The van der Waals surface area contributed by atoms with Crippen LogP contribution >= 0.6 is 0 Å². The Labute approximate surface area is 85.5 Å². The van der Waals surface area contributed by atoms with Crippen LogP contribution in [0.2, 0.25) is 0 Å². The van der Waals surface area contributed by atoms with E-state index in [1.807, 2.05) is 0 Å². The number of hydrogen-bond acceptors (Lipinski definition) is 1. The summed E-state index contributed by atoms with van der Waals surface area (Å²) in [5.74, 6) is 0.607. The molecule has 0 aromatic carbocycles. The fourth-order valence-corrected chi connectivity index (χ4v) is 1.22. The first-order valence-corrected chi connectivity index (χ1v) is 4.94. The molecule has 0 aliphatic rings. The van der Waals surface area contributed by atoms with Crippen molar-refractivity contribution in [1.82, 2.24) is 0 Å². The molecule has 0 radical (unpaired) electrons. The van der Waals surface area contributed by atoms with E-state index in [1.165, 1.54) is 0 Å². The minimum atomic E-state index is -0.0507. The van der Waals surface area contributed by atoms with Crippen LogP contribution in [0.5, 0.6) is 0 Å². The van der Waals surface area contributed by atoms with Crippen molar-refractivity contribution in [3.05, 3.63) is 0 Å². The molecule has 0 bridgehead atoms. The van der Waals surface area contributed by atoms with E-state index in [-0.39, 0.29) is 18.0 Å². The molecule has 6 N–H and O–H groups in total. The fourth-order valence-electron chi connectivity index (χ4n) is 1.22. The van der Waals surface area contributed by atoms with Gasteiger partial charge in [0.05, 0.1) is 6.04 Å². The molecule has 5 nitrogen and oxygen atoms in total. The Morgan fingerprint density at radius 1 is 1.14 bits per heavy atom. The predicted molar refractivity (Wildman–Crippen MR) is 61.0 cm³/mol. The number of hydrogen-bond donors (Lipinski definition) is 3. The van der Waals surface area contributed by atoms with Crippen LogP contribution < -0.4 is 17.2 Å². The van der Waals surface area contributed by atoms with E-state index in [2.05, 4.69) is 30.8 Å². The van der Waals surface area contributed by atoms with Crippen LogP contribution in [0, 0.1) is 5.92 Å². The van der Waals surface area contributed by atoms with Crippen LogP contribution in [0.3, 0.4) is 0 Å². The summed E-state index contributed by atoms with van der Waals surface area (Å²) in [6, 6.07) is 0.197. The molecule has 0 heterocycles. The molecule has 0 fully saturated rings. The smallest absolute Gasteiger partial charge is 0.218 e. The van der Waals surface area contributed by atoms with E-state index in [9.17, 15) is 0 Å². The largest absolute Gasteiger partial charge is 0.370 e. The van der Waals surface area contributed by atoms with Gasteiger partial charge in [-0.1, -0.05) is 27.2 Å². The lowest BCUT2D eigenvalue weighted by atomic mass is 9.98. The monoisotopic (exact) mass is 199 g/mol. The summed E-state index contributed by atoms with van der Waals surface area (Å²) in [6.07, 6.45) is 2.01. The summed E-state index contributed by atoms with van der Waals surface area (Å²) < 4.78 is 0. The van der Waals surface area contributed by atoms with Gasteiger partial charge in [0.15, 0.2) is 5.96 Å². The van der Waals surface area contributed by atoms with Crippen LogP contribution in [-0.2, 0) is 0 Å². The first-order valence-electron chi connectivity index (χ1n) is 4.94. The van der Waals surface area contributed by atoms with E-state index in [0.29, 0.717) is 5.92 Å². The first kappa shape index (κ1) is 12.7. The molecule has 82 valence electrons. The van der Waals surface area contributed by atoms with Gasteiger partial charge in [-0.05, 0) is 12.3 Å². The Kier molecular flexibility index (Phi) is 5.67. The van der Waals surface area contributed by atoms with Crippen LogP contribution in [0.4, 0.5) is 0 Å². The average molecular weight is 199 g/mol. The molecule has 2 atom stereocenters. The molecule has 0 aliphatic heterocycles. The third kappa shape index (κ3) is 4.69. The third-order valence-corrected chi connectivity index (χ3v) is 2.26. The predicted octanol–water partition coefficient (Wildman–Crippen LogP) is 0.399. The van der Waals surface area contributed by atoms with E-state index >= 15 is 0 Å². The number of nitrogens with zero attached hydrogens (tertiary/aromatic N) is 2. The number of guanidine groups is 2. The van der Waals surface area contributed by atoms with E-state index in [1.54, 1.807) is 0 Å². The summed E-state index contributed by atoms with van der Waals surface area (Å²) in [4.78, 5) is 7.93. The Hall–Kier alpha value is -1.26. The fraction of sp³-hybridized carbons (Fsp3) is 0.778. The van der Waals surface area contributed by atoms with Crippen molar-refractivity contribution >= 4 is 11.9 Å². The lowest BCUT2D eigenvalue weighted by Gasteiger charge is -2.16. The topological polar surface area (TPSA) is 103 Å². The van der Waals surface area contributed by atoms with Gasteiger partial charge in [-0.15, -0.1) is 0 Å². The van der Waals surface area contributed by atoms with E-state index in [4.69, 9.17) is 17.2 Å². The highest BCUT2D eigenvalue weighted by Gasteiger charge is 2.12. The summed E-state index contributed by atoms with van der Waals surface area (Å²) in [5.41, 5.74) is 15.9. The molecule has 0 aromatic heterocycles. The van der Waals surface area contributed by atoms with Crippen molar-refractivity contribution in [2.24, 2.45) is 33.1 Å². The van der Waals surface area contributed by atoms with Crippen LogP contribution in [0.1, 0.15) is 33.6 Å². The number of nitrogens with two attached hydrogens (primary N) is 3. The molecule has 0 aromatic rings. The second kappa shape index (κ2) is 6.23. The highest BCUT2D eigenvalue weighted by atomic mass is 15.1. The highest BCUT2D eigenvalue weighted by Crippen LogP contribution is 2.14. The summed E-state index contributed by atoms with van der Waals surface area (Å²) in [7, 11) is 0. The number of aliphatic imine (C=N–C) groups is 2. The summed E-state index contributed by atoms with van der Waals surface area (Å²) in [5, 5.41) is 0. The normalized spacial score (nSPS) is 16.1. The van der Waals surface area contributed by atoms with Gasteiger partial charge < -0.3 is 17.2 Å². The third-order valence-electron chi connectivity index (χ3n) is 2.26.